The van der Waals surface area contributed by atoms with Crippen molar-refractivity contribution in [1.82, 2.24) is 9.97 Å². The van der Waals surface area contributed by atoms with E-state index in [0.717, 1.165) is 12.1 Å². The Labute approximate surface area is 143 Å². The number of Topliss-reactive ketones (excluding diaryl/α,β-unsaturated/α-hetero) is 1. The number of ketones is 1. The van der Waals surface area contributed by atoms with E-state index in [9.17, 15) is 18.0 Å². The van der Waals surface area contributed by atoms with Gasteiger partial charge in [-0.05, 0) is 30.0 Å². The molecule has 25 heavy (non-hydrogen) atoms. The predicted molar refractivity (Wildman–Crippen MR) is 86.4 cm³/mol. The Morgan fingerprint density at radius 3 is 2.16 bits per heavy atom. The molecule has 2 aromatic rings. The summed E-state index contributed by atoms with van der Waals surface area (Å²) in [5, 5.41) is 8.81. The third-order valence-electron chi connectivity index (χ3n) is 3.96. The third kappa shape index (κ3) is 4.63. The number of nitrogens with zero attached hydrogens (tertiary/aromatic N) is 2. The van der Waals surface area contributed by atoms with Crippen LogP contribution < -0.4 is 0 Å². The number of alkyl halides is 3. The number of aryl methyl sites for hydroxylation is 1. The fraction of sp³-hybridized carbons (Fsp3) is 0.389. The van der Waals surface area contributed by atoms with Crippen LogP contribution in [0.5, 0.6) is 0 Å². The van der Waals surface area contributed by atoms with Crippen molar-refractivity contribution in [2.45, 2.75) is 38.8 Å². The molecule has 0 amide bonds. The summed E-state index contributed by atoms with van der Waals surface area (Å²) in [4.78, 5) is 19.5. The van der Waals surface area contributed by atoms with E-state index in [0.29, 0.717) is 23.4 Å². The van der Waals surface area contributed by atoms with E-state index in [4.69, 9.17) is 5.11 Å². The highest BCUT2D eigenvalue weighted by Crippen LogP contribution is 2.35. The van der Waals surface area contributed by atoms with E-state index < -0.39 is 29.5 Å². The molecule has 2 rings (SSSR count). The average Bonchev–Trinajstić information content (AvgIpc) is 2.53. The van der Waals surface area contributed by atoms with Gasteiger partial charge in [-0.2, -0.15) is 13.2 Å². The molecule has 1 aromatic carbocycles. The summed E-state index contributed by atoms with van der Waals surface area (Å²) >= 11 is 0. The monoisotopic (exact) mass is 352 g/mol. The van der Waals surface area contributed by atoms with E-state index >= 15 is 0 Å². The maximum Gasteiger partial charge on any atom is 0.416 e. The molecule has 1 heterocycles. The van der Waals surface area contributed by atoms with E-state index in [1.54, 1.807) is 13.0 Å². The number of hydrogen-bond donors (Lipinski definition) is 1. The molecule has 0 saturated carbocycles. The van der Waals surface area contributed by atoms with Crippen LogP contribution in [0.15, 0.2) is 30.6 Å². The highest BCUT2D eigenvalue weighted by molar-refractivity contribution is 5.96. The van der Waals surface area contributed by atoms with Crippen molar-refractivity contribution in [1.29, 1.82) is 0 Å². The highest BCUT2D eigenvalue weighted by atomic mass is 19.4. The summed E-state index contributed by atoms with van der Waals surface area (Å²) in [6.45, 7) is 4.63. The van der Waals surface area contributed by atoms with Crippen molar-refractivity contribution >= 4 is 5.78 Å². The zero-order chi connectivity index (χ0) is 18.8. The molecule has 0 saturated heterocycles. The van der Waals surface area contributed by atoms with E-state index in [2.05, 4.69) is 9.97 Å². The van der Waals surface area contributed by atoms with Crippen molar-refractivity contribution in [3.8, 4) is 0 Å². The van der Waals surface area contributed by atoms with Crippen LogP contribution in [0.3, 0.4) is 0 Å². The Hall–Kier alpha value is -2.28. The second-order valence-corrected chi connectivity index (χ2v) is 6.62. The summed E-state index contributed by atoms with van der Waals surface area (Å²) < 4.78 is 39.1. The van der Waals surface area contributed by atoms with Crippen molar-refractivity contribution in [2.75, 3.05) is 6.61 Å². The summed E-state index contributed by atoms with van der Waals surface area (Å²) in [7, 11) is 0. The van der Waals surface area contributed by atoms with Crippen molar-refractivity contribution in [2.24, 2.45) is 0 Å². The van der Waals surface area contributed by atoms with Crippen LogP contribution in [0, 0.1) is 6.92 Å². The van der Waals surface area contributed by atoms with Crippen LogP contribution in [-0.2, 0) is 18.0 Å². The number of rotatable bonds is 5. The van der Waals surface area contributed by atoms with Gasteiger partial charge in [0.1, 0.15) is 12.4 Å². The number of aromatic nitrogens is 2. The maximum absolute atomic E-state index is 13.0. The van der Waals surface area contributed by atoms with Gasteiger partial charge in [-0.15, -0.1) is 0 Å². The SMILES string of the molecule is Cc1cc(C(F)(F)F)cc(C(C)(C)Cc2ncc(C(=O)CO)cn2)c1. The van der Waals surface area contributed by atoms with Gasteiger partial charge in [0, 0.05) is 18.8 Å². The quantitative estimate of drug-likeness (QED) is 0.837. The Morgan fingerprint density at radius 1 is 1.08 bits per heavy atom. The Balaban J connectivity index is 2.30. The molecule has 1 aromatic heterocycles. The minimum atomic E-state index is -4.40. The van der Waals surface area contributed by atoms with Gasteiger partial charge in [0.05, 0.1) is 11.1 Å². The van der Waals surface area contributed by atoms with Gasteiger partial charge in [0.25, 0.3) is 0 Å². The third-order valence-corrected chi connectivity index (χ3v) is 3.96. The predicted octanol–water partition coefficient (Wildman–Crippen LogP) is 3.50. The zero-order valence-electron chi connectivity index (χ0n) is 14.2. The van der Waals surface area contributed by atoms with Crippen LogP contribution in [0.1, 0.15) is 46.7 Å². The topological polar surface area (TPSA) is 63.1 Å². The molecule has 0 spiro atoms. The number of aliphatic hydroxyl groups is 1. The molecule has 0 unspecified atom stereocenters. The number of halogens is 3. The van der Waals surface area contributed by atoms with Gasteiger partial charge < -0.3 is 5.11 Å². The number of benzene rings is 1. The Kier molecular flexibility index (Phi) is 5.27. The summed E-state index contributed by atoms with van der Waals surface area (Å²) in [6, 6.07) is 3.99. The first kappa shape index (κ1) is 19.1. The Bertz CT molecular complexity index is 769. The fourth-order valence-corrected chi connectivity index (χ4v) is 2.52. The van der Waals surface area contributed by atoms with Gasteiger partial charge >= 0.3 is 6.18 Å². The minimum absolute atomic E-state index is 0.193. The summed E-state index contributed by atoms with van der Waals surface area (Å²) in [5.74, 6) is -0.0751. The molecular weight excluding hydrogens is 333 g/mol. The standard InChI is InChI=1S/C18H19F3N2O2/c1-11-4-13(6-14(5-11)18(19,20)21)17(2,3)7-16-22-8-12(9-23-16)15(25)10-24/h4-6,8-9,24H,7,10H2,1-3H3. The first-order valence-electron chi connectivity index (χ1n) is 7.67. The number of hydrogen-bond acceptors (Lipinski definition) is 4. The largest absolute Gasteiger partial charge is 0.416 e. The van der Waals surface area contributed by atoms with E-state index in [1.165, 1.54) is 12.4 Å². The smallest absolute Gasteiger partial charge is 0.388 e. The summed E-state index contributed by atoms with van der Waals surface area (Å²) in [5.41, 5.74) is -0.0462. The molecule has 134 valence electrons. The van der Waals surface area contributed by atoms with Crippen LogP contribution in [0.4, 0.5) is 13.2 Å². The first-order chi connectivity index (χ1) is 11.5. The molecule has 0 aliphatic heterocycles. The molecule has 7 heteroatoms. The fourth-order valence-electron chi connectivity index (χ4n) is 2.52. The average molecular weight is 352 g/mol. The highest BCUT2D eigenvalue weighted by Gasteiger charge is 2.33. The lowest BCUT2D eigenvalue weighted by Gasteiger charge is -2.26. The Morgan fingerprint density at radius 2 is 1.64 bits per heavy atom. The number of carbonyl (C=O) groups is 1. The second kappa shape index (κ2) is 6.92. The minimum Gasteiger partial charge on any atom is -0.388 e. The molecule has 0 atom stereocenters. The maximum atomic E-state index is 13.0. The van der Waals surface area contributed by atoms with Gasteiger partial charge in [0.15, 0.2) is 5.78 Å². The van der Waals surface area contributed by atoms with Crippen LogP contribution >= 0.6 is 0 Å². The van der Waals surface area contributed by atoms with Crippen LogP contribution in [-0.4, -0.2) is 27.5 Å². The van der Waals surface area contributed by atoms with Gasteiger partial charge in [0.2, 0.25) is 0 Å². The molecule has 4 nitrogen and oxygen atoms in total. The van der Waals surface area contributed by atoms with Gasteiger partial charge in [-0.3, -0.25) is 4.79 Å². The lowest BCUT2D eigenvalue weighted by atomic mass is 9.80. The molecule has 0 bridgehead atoms. The zero-order valence-corrected chi connectivity index (χ0v) is 14.2. The first-order valence-corrected chi connectivity index (χ1v) is 7.67. The van der Waals surface area contributed by atoms with Crippen molar-refractivity contribution in [3.63, 3.8) is 0 Å². The van der Waals surface area contributed by atoms with E-state index in [-0.39, 0.29) is 5.56 Å². The molecule has 1 N–H and O–H groups in total. The molecule has 0 radical (unpaired) electrons. The summed E-state index contributed by atoms with van der Waals surface area (Å²) in [6.07, 6.45) is -1.47. The van der Waals surface area contributed by atoms with Gasteiger partial charge in [-0.25, -0.2) is 9.97 Å². The van der Waals surface area contributed by atoms with E-state index in [1.807, 2.05) is 13.8 Å². The van der Waals surface area contributed by atoms with Crippen molar-refractivity contribution in [3.05, 3.63) is 58.7 Å². The van der Waals surface area contributed by atoms with Crippen molar-refractivity contribution < 1.29 is 23.1 Å². The van der Waals surface area contributed by atoms with Gasteiger partial charge in [-0.1, -0.05) is 25.5 Å². The van der Waals surface area contributed by atoms with Crippen LogP contribution in [0.2, 0.25) is 0 Å². The molecule has 0 fully saturated rings. The molecular formula is C18H19F3N2O2. The lowest BCUT2D eigenvalue weighted by Crippen LogP contribution is -2.23. The molecule has 0 aliphatic carbocycles. The lowest BCUT2D eigenvalue weighted by molar-refractivity contribution is -0.137. The van der Waals surface area contributed by atoms with Crippen LogP contribution in [0.25, 0.3) is 0 Å². The number of aliphatic hydroxyl groups excluding tert-OH is 1. The molecule has 0 aliphatic rings. The number of carbonyl (C=O) groups excluding carboxylic acids is 1. The normalized spacial score (nSPS) is 12.3. The second-order valence-electron chi connectivity index (χ2n) is 6.62.